The minimum Gasteiger partial charge on any atom is -0.481 e. The van der Waals surface area contributed by atoms with Gasteiger partial charge in [0.15, 0.2) is 0 Å². The van der Waals surface area contributed by atoms with Gasteiger partial charge in [0.2, 0.25) is 0 Å². The smallest absolute Gasteiger partial charge is 0.303 e. The number of rotatable bonds is 42. The fourth-order valence-electron chi connectivity index (χ4n) is 11.7. The molecular weight excluding hydrogens is 977 g/mol. The van der Waals surface area contributed by atoms with Gasteiger partial charge in [-0.3, -0.25) is 4.79 Å². The first-order valence-electron chi connectivity index (χ1n) is 31.5. The van der Waals surface area contributed by atoms with Crippen molar-refractivity contribution in [3.8, 4) is 0 Å². The molecule has 0 aliphatic heterocycles. The Kier molecular flexibility index (Phi) is 34.9. The maximum absolute atomic E-state index is 10.8. The van der Waals surface area contributed by atoms with Crippen LogP contribution in [-0.4, -0.2) is 46.2 Å². The normalized spacial score (nSPS) is 12.9. The Bertz CT molecular complexity index is 1950. The molecule has 0 aromatic heterocycles. The van der Waals surface area contributed by atoms with Crippen LogP contribution in [0.2, 0.25) is 10.1 Å². The highest BCUT2D eigenvalue weighted by Crippen LogP contribution is 2.40. The van der Waals surface area contributed by atoms with Crippen LogP contribution < -0.4 is 20.7 Å². The Hall–Kier alpha value is -3.63. The molecular formula is C70H112O5Si2. The maximum Gasteiger partial charge on any atom is 0.303 e. The fraction of sp³-hybridized carbons (Fsp3) is 0.629. The fourth-order valence-corrected chi connectivity index (χ4v) is 21.2. The lowest BCUT2D eigenvalue weighted by Crippen LogP contribution is -2.67. The number of hydrogen-bond acceptors (Lipinski definition) is 4. The number of benzene rings is 4. The summed E-state index contributed by atoms with van der Waals surface area (Å²) in [6.45, 7) is 18.9. The zero-order valence-corrected chi connectivity index (χ0v) is 52.5. The largest absolute Gasteiger partial charge is 0.481 e. The third-order valence-corrected chi connectivity index (χ3v) is 26.2. The summed E-state index contributed by atoms with van der Waals surface area (Å²) in [4.78, 5) is 21.3. The molecule has 1 N–H and O–H groups in total. The number of carboxylic acid groups (broad SMARTS) is 1. The van der Waals surface area contributed by atoms with Crippen molar-refractivity contribution in [3.63, 3.8) is 0 Å². The van der Waals surface area contributed by atoms with E-state index in [1.54, 1.807) is 0 Å². The standard InChI is InChI=1S/C35H56O3Si.C35H56O2Si/c1-5-6-7-8-9-12-17-24-31(25-18-13-10-11-14-23-30-34(36)37)38-39(35(2,3)4,32-26-19-15-20-27-32)33-28-21-16-22-29-33;1-5-6-7-8-10-13-18-25-32(26-19-14-11-9-12-15-24-31-36)37-38(35(2,3)4,33-27-20-16-21-28-33)34-29-22-17-23-30-34/h15-16,19-22,26-29,31H,5-14,17-18,23-25,30H2,1-4H3,(H,36,37);16-17,20-23,27-32H,5-15,18-19,24-26H2,1-4H3. The number of carboxylic acids is 1. The van der Waals surface area contributed by atoms with Crippen molar-refractivity contribution in [1.29, 1.82) is 0 Å². The molecule has 0 radical (unpaired) electrons. The molecule has 0 fully saturated rings. The monoisotopic (exact) mass is 1090 g/mol. The van der Waals surface area contributed by atoms with Crippen LogP contribution in [0.4, 0.5) is 0 Å². The topological polar surface area (TPSA) is 72.8 Å². The van der Waals surface area contributed by atoms with Crippen molar-refractivity contribution in [3.05, 3.63) is 121 Å². The van der Waals surface area contributed by atoms with E-state index in [4.69, 9.17) is 14.0 Å². The molecule has 5 nitrogen and oxygen atoms in total. The number of aldehydes is 1. The molecule has 2 atom stereocenters. The van der Waals surface area contributed by atoms with Crippen molar-refractivity contribution in [2.75, 3.05) is 0 Å². The minimum absolute atomic E-state index is 0.00174. The summed E-state index contributed by atoms with van der Waals surface area (Å²) in [6, 6.07) is 44.4. The van der Waals surface area contributed by atoms with Gasteiger partial charge in [-0.15, -0.1) is 0 Å². The van der Waals surface area contributed by atoms with E-state index in [0.29, 0.717) is 18.9 Å². The minimum atomic E-state index is -2.55. The summed E-state index contributed by atoms with van der Waals surface area (Å²) < 4.78 is 15.1. The third-order valence-electron chi connectivity index (χ3n) is 16.0. The number of carbonyl (C=O) groups is 2. The zero-order chi connectivity index (χ0) is 55.9. The van der Waals surface area contributed by atoms with Crippen LogP contribution in [0.15, 0.2) is 121 Å². The molecule has 0 bridgehead atoms. The van der Waals surface area contributed by atoms with Crippen molar-refractivity contribution in [2.45, 2.75) is 283 Å². The zero-order valence-electron chi connectivity index (χ0n) is 50.5. The van der Waals surface area contributed by atoms with E-state index in [1.807, 2.05) is 0 Å². The maximum atomic E-state index is 10.8. The van der Waals surface area contributed by atoms with Gasteiger partial charge in [0.05, 0.1) is 0 Å². The first-order chi connectivity index (χ1) is 37.3. The van der Waals surface area contributed by atoms with Crippen LogP contribution in [0.1, 0.15) is 261 Å². The highest BCUT2D eigenvalue weighted by Gasteiger charge is 2.52. The molecule has 77 heavy (non-hydrogen) atoms. The predicted molar refractivity (Wildman–Crippen MR) is 338 cm³/mol. The van der Waals surface area contributed by atoms with E-state index in [2.05, 4.69) is 177 Å². The predicted octanol–water partition coefficient (Wildman–Crippen LogP) is 18.7. The van der Waals surface area contributed by atoms with E-state index < -0.39 is 22.6 Å². The van der Waals surface area contributed by atoms with Crippen LogP contribution in [0, 0.1) is 0 Å². The molecule has 0 heterocycles. The van der Waals surface area contributed by atoms with Gasteiger partial charge in [-0.05, 0) is 69.3 Å². The number of aliphatic carboxylic acids is 1. The molecule has 0 spiro atoms. The first-order valence-corrected chi connectivity index (χ1v) is 35.3. The summed E-state index contributed by atoms with van der Waals surface area (Å²) in [6.07, 6.45) is 39.5. The number of carbonyl (C=O) groups excluding carboxylic acids is 1. The summed E-state index contributed by atoms with van der Waals surface area (Å²) in [7, 11) is -5.07. The SMILES string of the molecule is CCCCCCCCCC(CCCCCCCCC(=O)O)O[Si](c1ccccc1)(c1ccccc1)C(C)(C)C.CCCCCCCCCC(CCCCCCCCC=O)O[Si](c1ccccc1)(c1ccccc1)C(C)(C)C. The summed E-state index contributed by atoms with van der Waals surface area (Å²) in [5.74, 6) is -0.677. The van der Waals surface area contributed by atoms with Crippen molar-refractivity contribution in [1.82, 2.24) is 0 Å². The Morgan fingerprint density at radius 3 is 0.896 bits per heavy atom. The van der Waals surface area contributed by atoms with Gasteiger partial charge in [0, 0.05) is 25.0 Å². The lowest BCUT2D eigenvalue weighted by molar-refractivity contribution is -0.137. The summed E-state index contributed by atoms with van der Waals surface area (Å²) in [5, 5.41) is 14.4. The third kappa shape index (κ3) is 25.2. The quantitative estimate of drug-likeness (QED) is 0.0272. The molecule has 0 aliphatic carbocycles. The molecule has 4 aromatic carbocycles. The van der Waals surface area contributed by atoms with Crippen LogP contribution in [0.25, 0.3) is 0 Å². The molecule has 430 valence electrons. The van der Waals surface area contributed by atoms with Crippen LogP contribution in [0.3, 0.4) is 0 Å². The molecule has 4 aromatic rings. The van der Waals surface area contributed by atoms with Crippen LogP contribution in [0.5, 0.6) is 0 Å². The van der Waals surface area contributed by atoms with E-state index in [0.717, 1.165) is 57.7 Å². The molecule has 0 aliphatic rings. The second-order valence-corrected chi connectivity index (χ2v) is 33.1. The molecule has 2 unspecified atom stereocenters. The van der Waals surface area contributed by atoms with Gasteiger partial charge < -0.3 is 18.8 Å². The molecule has 0 saturated carbocycles. The molecule has 0 amide bonds. The second-order valence-electron chi connectivity index (χ2n) is 24.5. The lowest BCUT2D eigenvalue weighted by atomic mass is 10.0. The average molecular weight is 1090 g/mol. The Morgan fingerprint density at radius 1 is 0.403 bits per heavy atom. The number of unbranched alkanes of at least 4 members (excludes halogenated alkanes) is 23. The lowest BCUT2D eigenvalue weighted by Gasteiger charge is -2.45. The van der Waals surface area contributed by atoms with Gasteiger partial charge in [-0.25, -0.2) is 0 Å². The average Bonchev–Trinajstić information content (AvgIpc) is 3.47. The second kappa shape index (κ2) is 39.7. The van der Waals surface area contributed by atoms with E-state index in [1.165, 1.54) is 162 Å². The van der Waals surface area contributed by atoms with Gasteiger partial charge in [-0.1, -0.05) is 331 Å². The first kappa shape index (κ1) is 67.6. The summed E-state index contributed by atoms with van der Waals surface area (Å²) in [5.41, 5.74) is 0. The Balaban J connectivity index is 0.000000405. The van der Waals surface area contributed by atoms with Crippen LogP contribution in [-0.2, 0) is 18.4 Å². The van der Waals surface area contributed by atoms with Gasteiger partial charge in [0.1, 0.15) is 6.29 Å². The highest BCUT2D eigenvalue weighted by atomic mass is 28.4. The Labute approximate surface area is 475 Å². The molecule has 7 heteroatoms. The van der Waals surface area contributed by atoms with Gasteiger partial charge in [0.25, 0.3) is 16.6 Å². The molecule has 4 rings (SSSR count). The van der Waals surface area contributed by atoms with Crippen molar-refractivity contribution >= 4 is 49.6 Å². The van der Waals surface area contributed by atoms with E-state index in [-0.39, 0.29) is 16.2 Å². The number of hydrogen-bond donors (Lipinski definition) is 1. The van der Waals surface area contributed by atoms with Crippen molar-refractivity contribution in [2.24, 2.45) is 0 Å². The van der Waals surface area contributed by atoms with E-state index >= 15 is 0 Å². The van der Waals surface area contributed by atoms with Crippen LogP contribution >= 0.6 is 0 Å². The molecule has 0 saturated heterocycles. The van der Waals surface area contributed by atoms with Gasteiger partial charge >= 0.3 is 5.97 Å². The highest BCUT2D eigenvalue weighted by molar-refractivity contribution is 7.00. The Morgan fingerprint density at radius 2 is 0.649 bits per heavy atom. The summed E-state index contributed by atoms with van der Waals surface area (Å²) >= 11 is 0. The van der Waals surface area contributed by atoms with Gasteiger partial charge in [-0.2, -0.15) is 0 Å². The van der Waals surface area contributed by atoms with Crippen molar-refractivity contribution < 1.29 is 23.5 Å². The van der Waals surface area contributed by atoms with E-state index in [9.17, 15) is 9.59 Å².